The van der Waals surface area contributed by atoms with Gasteiger partial charge in [0, 0.05) is 39.3 Å². The van der Waals surface area contributed by atoms with E-state index in [1.165, 1.54) is 0 Å². The number of nitrogens with zero attached hydrogens (tertiary/aromatic N) is 1. The van der Waals surface area contributed by atoms with Crippen molar-refractivity contribution in [1.82, 2.24) is 10.2 Å². The molecule has 1 heterocycles. The summed E-state index contributed by atoms with van der Waals surface area (Å²) in [6.45, 7) is 4.43. The summed E-state index contributed by atoms with van der Waals surface area (Å²) in [5.41, 5.74) is 8.09. The molecular formula is C19H29N3O3. The van der Waals surface area contributed by atoms with Crippen molar-refractivity contribution in [3.05, 3.63) is 35.4 Å². The molecular weight excluding hydrogens is 318 g/mol. The van der Waals surface area contributed by atoms with Crippen LogP contribution in [0.5, 0.6) is 0 Å². The van der Waals surface area contributed by atoms with Gasteiger partial charge in [-0.25, -0.2) is 0 Å². The van der Waals surface area contributed by atoms with Crippen molar-refractivity contribution in [2.45, 2.75) is 32.2 Å². The lowest BCUT2D eigenvalue weighted by atomic mass is 9.94. The molecule has 1 fully saturated rings. The first-order valence-corrected chi connectivity index (χ1v) is 8.90. The molecule has 1 aromatic carbocycles. The van der Waals surface area contributed by atoms with Crippen LogP contribution in [0.25, 0.3) is 0 Å². The molecule has 2 amide bonds. The SMILES string of the molecule is COCCCNC(=O)C1CCN(C(=O)C(N)c2ccc(C)cc2)CC1. The van der Waals surface area contributed by atoms with Gasteiger partial charge in [-0.3, -0.25) is 9.59 Å². The molecule has 0 radical (unpaired) electrons. The lowest BCUT2D eigenvalue weighted by Gasteiger charge is -2.33. The number of hydrogen-bond donors (Lipinski definition) is 2. The Hall–Kier alpha value is -1.92. The van der Waals surface area contributed by atoms with Crippen LogP contribution < -0.4 is 11.1 Å². The van der Waals surface area contributed by atoms with Crippen molar-refractivity contribution >= 4 is 11.8 Å². The van der Waals surface area contributed by atoms with Crippen LogP contribution in [0, 0.1) is 12.8 Å². The number of methoxy groups -OCH3 is 1. The fourth-order valence-corrected chi connectivity index (χ4v) is 3.05. The van der Waals surface area contributed by atoms with Crippen molar-refractivity contribution in [1.29, 1.82) is 0 Å². The molecule has 138 valence electrons. The monoisotopic (exact) mass is 347 g/mol. The van der Waals surface area contributed by atoms with Crippen molar-refractivity contribution in [3.8, 4) is 0 Å². The predicted molar refractivity (Wildman–Crippen MR) is 96.9 cm³/mol. The maximum absolute atomic E-state index is 12.6. The molecule has 1 unspecified atom stereocenters. The average molecular weight is 347 g/mol. The topological polar surface area (TPSA) is 84.7 Å². The third-order valence-electron chi connectivity index (χ3n) is 4.70. The van der Waals surface area contributed by atoms with Gasteiger partial charge < -0.3 is 20.7 Å². The first kappa shape index (κ1) is 19.4. The summed E-state index contributed by atoms with van der Waals surface area (Å²) in [7, 11) is 1.65. The Kier molecular flexibility index (Phi) is 7.40. The summed E-state index contributed by atoms with van der Waals surface area (Å²) in [6, 6.07) is 7.08. The number of carbonyl (C=O) groups is 2. The maximum atomic E-state index is 12.6. The molecule has 3 N–H and O–H groups in total. The lowest BCUT2D eigenvalue weighted by molar-refractivity contribution is -0.136. The predicted octanol–water partition coefficient (Wildman–Crippen LogP) is 1.39. The van der Waals surface area contributed by atoms with Gasteiger partial charge in [-0.05, 0) is 31.7 Å². The van der Waals surface area contributed by atoms with Crippen LogP contribution in [0.2, 0.25) is 0 Å². The lowest BCUT2D eigenvalue weighted by Crippen LogP contribution is -2.46. The van der Waals surface area contributed by atoms with E-state index in [0.29, 0.717) is 39.1 Å². The van der Waals surface area contributed by atoms with E-state index in [1.807, 2.05) is 31.2 Å². The number of amides is 2. The van der Waals surface area contributed by atoms with Crippen molar-refractivity contribution in [3.63, 3.8) is 0 Å². The Morgan fingerprint density at radius 3 is 2.52 bits per heavy atom. The second kappa shape index (κ2) is 9.53. The fraction of sp³-hybridized carbons (Fsp3) is 0.579. The van der Waals surface area contributed by atoms with Crippen LogP contribution in [-0.2, 0) is 14.3 Å². The molecule has 0 aromatic heterocycles. The number of ether oxygens (including phenoxy) is 1. The summed E-state index contributed by atoms with van der Waals surface area (Å²) in [5, 5.41) is 2.94. The van der Waals surface area contributed by atoms with Crippen LogP contribution in [0.15, 0.2) is 24.3 Å². The highest BCUT2D eigenvalue weighted by Gasteiger charge is 2.29. The van der Waals surface area contributed by atoms with E-state index < -0.39 is 6.04 Å². The minimum Gasteiger partial charge on any atom is -0.385 e. The number of nitrogens with one attached hydrogen (secondary N) is 1. The van der Waals surface area contributed by atoms with E-state index >= 15 is 0 Å². The van der Waals surface area contributed by atoms with Crippen LogP contribution in [-0.4, -0.2) is 50.1 Å². The van der Waals surface area contributed by atoms with Crippen molar-refractivity contribution in [2.24, 2.45) is 11.7 Å². The van der Waals surface area contributed by atoms with Gasteiger partial charge in [0.15, 0.2) is 0 Å². The molecule has 0 spiro atoms. The van der Waals surface area contributed by atoms with Gasteiger partial charge in [-0.15, -0.1) is 0 Å². The Morgan fingerprint density at radius 2 is 1.92 bits per heavy atom. The number of benzene rings is 1. The van der Waals surface area contributed by atoms with Crippen LogP contribution in [0.3, 0.4) is 0 Å². The zero-order valence-corrected chi connectivity index (χ0v) is 15.2. The molecule has 1 saturated heterocycles. The molecule has 0 aliphatic carbocycles. The number of aryl methyl sites for hydroxylation is 1. The van der Waals surface area contributed by atoms with Gasteiger partial charge in [-0.2, -0.15) is 0 Å². The zero-order chi connectivity index (χ0) is 18.2. The number of piperidine rings is 1. The normalized spacial score (nSPS) is 16.5. The van der Waals surface area contributed by atoms with Gasteiger partial charge in [0.1, 0.15) is 6.04 Å². The molecule has 6 nitrogen and oxygen atoms in total. The highest BCUT2D eigenvalue weighted by Crippen LogP contribution is 2.21. The van der Waals surface area contributed by atoms with Gasteiger partial charge in [0.25, 0.3) is 0 Å². The molecule has 1 aromatic rings. The third-order valence-corrected chi connectivity index (χ3v) is 4.70. The highest BCUT2D eigenvalue weighted by atomic mass is 16.5. The molecule has 0 bridgehead atoms. The standard InChI is InChI=1S/C19H29N3O3/c1-14-4-6-15(7-5-14)17(20)19(24)22-11-8-16(9-12-22)18(23)21-10-3-13-25-2/h4-7,16-17H,3,8-13,20H2,1-2H3,(H,21,23). The summed E-state index contributed by atoms with van der Waals surface area (Å²) in [5.74, 6) is -0.0176. The molecule has 1 aliphatic heterocycles. The zero-order valence-electron chi connectivity index (χ0n) is 15.2. The Morgan fingerprint density at radius 1 is 1.28 bits per heavy atom. The average Bonchev–Trinajstić information content (AvgIpc) is 2.64. The van der Waals surface area contributed by atoms with Crippen molar-refractivity contribution < 1.29 is 14.3 Å². The summed E-state index contributed by atoms with van der Waals surface area (Å²) in [4.78, 5) is 26.5. The summed E-state index contributed by atoms with van der Waals surface area (Å²) in [6.07, 6.45) is 2.18. The quantitative estimate of drug-likeness (QED) is 0.730. The van der Waals surface area contributed by atoms with E-state index in [9.17, 15) is 9.59 Å². The van der Waals surface area contributed by atoms with Gasteiger partial charge in [-0.1, -0.05) is 29.8 Å². The number of nitrogens with two attached hydrogens (primary N) is 1. The second-order valence-corrected chi connectivity index (χ2v) is 6.63. The largest absolute Gasteiger partial charge is 0.385 e. The van der Waals surface area contributed by atoms with Gasteiger partial charge >= 0.3 is 0 Å². The van der Waals surface area contributed by atoms with Gasteiger partial charge in [0.2, 0.25) is 11.8 Å². The highest BCUT2D eigenvalue weighted by molar-refractivity contribution is 5.84. The molecule has 1 atom stereocenters. The smallest absolute Gasteiger partial charge is 0.244 e. The van der Waals surface area contributed by atoms with E-state index in [2.05, 4.69) is 5.32 Å². The van der Waals surface area contributed by atoms with E-state index in [-0.39, 0.29) is 17.7 Å². The van der Waals surface area contributed by atoms with Crippen LogP contribution >= 0.6 is 0 Å². The van der Waals surface area contributed by atoms with Gasteiger partial charge in [0.05, 0.1) is 0 Å². The molecule has 1 aliphatic rings. The molecule has 6 heteroatoms. The van der Waals surface area contributed by atoms with E-state index in [1.54, 1.807) is 12.0 Å². The number of hydrogen-bond acceptors (Lipinski definition) is 4. The summed E-state index contributed by atoms with van der Waals surface area (Å²) < 4.78 is 4.97. The molecule has 25 heavy (non-hydrogen) atoms. The fourth-order valence-electron chi connectivity index (χ4n) is 3.05. The number of rotatable bonds is 7. The number of carbonyl (C=O) groups excluding carboxylic acids is 2. The van der Waals surface area contributed by atoms with E-state index in [4.69, 9.17) is 10.5 Å². The van der Waals surface area contributed by atoms with Crippen LogP contribution in [0.4, 0.5) is 0 Å². The third kappa shape index (κ3) is 5.54. The van der Waals surface area contributed by atoms with Crippen molar-refractivity contribution in [2.75, 3.05) is 33.4 Å². The van der Waals surface area contributed by atoms with Crippen LogP contribution in [0.1, 0.15) is 36.4 Å². The first-order valence-electron chi connectivity index (χ1n) is 8.90. The maximum Gasteiger partial charge on any atom is 0.244 e. The minimum absolute atomic E-state index is 0.0257. The molecule has 2 rings (SSSR count). The Labute approximate surface area is 149 Å². The van der Waals surface area contributed by atoms with E-state index in [0.717, 1.165) is 17.5 Å². The Balaban J connectivity index is 1.79. The minimum atomic E-state index is -0.639. The number of likely N-dealkylation sites (tertiary alicyclic amines) is 1. The second-order valence-electron chi connectivity index (χ2n) is 6.63. The Bertz CT molecular complexity index is 566. The molecule has 0 saturated carbocycles. The first-order chi connectivity index (χ1) is 12.0. The summed E-state index contributed by atoms with van der Waals surface area (Å²) >= 11 is 0.